The third-order valence-corrected chi connectivity index (χ3v) is 3.72. The van der Waals surface area contributed by atoms with Gasteiger partial charge in [-0.2, -0.15) is 0 Å². The van der Waals surface area contributed by atoms with Crippen LogP contribution < -0.4 is 5.32 Å². The number of aryl methyl sites for hydroxylation is 3. The molecule has 0 fully saturated rings. The molecule has 98 valence electrons. The van der Waals surface area contributed by atoms with E-state index in [2.05, 4.69) is 17.4 Å². The van der Waals surface area contributed by atoms with Gasteiger partial charge in [0, 0.05) is 0 Å². The number of rotatable bonds is 2. The van der Waals surface area contributed by atoms with E-state index < -0.39 is 0 Å². The molecule has 1 amide bonds. The largest absolute Gasteiger partial charge is 0.466 e. The second-order valence-electron chi connectivity index (χ2n) is 5.09. The van der Waals surface area contributed by atoms with Crippen LogP contribution in [0.2, 0.25) is 0 Å². The summed E-state index contributed by atoms with van der Waals surface area (Å²) in [7, 11) is 0. The van der Waals surface area contributed by atoms with Crippen LogP contribution >= 0.6 is 0 Å². The van der Waals surface area contributed by atoms with E-state index in [1.54, 1.807) is 6.07 Å². The number of amides is 1. The molecule has 0 bridgehead atoms. The fourth-order valence-electron chi connectivity index (χ4n) is 2.80. The maximum absolute atomic E-state index is 12.3. The Morgan fingerprint density at radius 1 is 1.32 bits per heavy atom. The first-order valence-corrected chi connectivity index (χ1v) is 6.61. The normalized spacial score (nSPS) is 17.3. The summed E-state index contributed by atoms with van der Waals surface area (Å²) in [5.41, 5.74) is 3.23. The second kappa shape index (κ2) is 4.57. The van der Waals surface area contributed by atoms with Crippen molar-refractivity contribution < 1.29 is 9.21 Å². The molecule has 0 spiro atoms. The number of nitrogens with one attached hydrogen (secondary N) is 1. The number of hydrogen-bond donors (Lipinski definition) is 1. The molecule has 3 heteroatoms. The number of benzene rings is 1. The zero-order valence-electron chi connectivity index (χ0n) is 11.2. The molecule has 1 N–H and O–H groups in total. The first kappa shape index (κ1) is 12.0. The van der Waals surface area contributed by atoms with Gasteiger partial charge in [-0.3, -0.25) is 4.79 Å². The van der Waals surface area contributed by atoms with Crippen LogP contribution in [0.3, 0.4) is 0 Å². The first-order chi connectivity index (χ1) is 9.15. The fourth-order valence-corrected chi connectivity index (χ4v) is 2.80. The standard InChI is InChI=1S/C16H17NO2/c1-10-9-14(11(2)19-10)16(18)17-15-8-7-12-5-3-4-6-13(12)15/h3-6,9,15H,7-8H2,1-2H3,(H,17,18). The van der Waals surface area contributed by atoms with Gasteiger partial charge in [0.1, 0.15) is 11.5 Å². The van der Waals surface area contributed by atoms with Crippen molar-refractivity contribution in [3.05, 3.63) is 58.5 Å². The Kier molecular flexibility index (Phi) is 2.90. The lowest BCUT2D eigenvalue weighted by molar-refractivity contribution is 0.0935. The average molecular weight is 255 g/mol. The Hall–Kier alpha value is -2.03. The number of carbonyl (C=O) groups excluding carboxylic acids is 1. The fraction of sp³-hybridized carbons (Fsp3) is 0.312. The molecule has 1 aliphatic carbocycles. The van der Waals surface area contributed by atoms with E-state index in [4.69, 9.17) is 4.42 Å². The first-order valence-electron chi connectivity index (χ1n) is 6.61. The van der Waals surface area contributed by atoms with Crippen LogP contribution in [0, 0.1) is 13.8 Å². The minimum Gasteiger partial charge on any atom is -0.466 e. The molecule has 1 aromatic carbocycles. The third-order valence-electron chi connectivity index (χ3n) is 3.72. The van der Waals surface area contributed by atoms with Gasteiger partial charge in [0.05, 0.1) is 11.6 Å². The summed E-state index contributed by atoms with van der Waals surface area (Å²) in [6, 6.07) is 10.2. The Morgan fingerprint density at radius 2 is 2.11 bits per heavy atom. The van der Waals surface area contributed by atoms with Crippen molar-refractivity contribution in [2.24, 2.45) is 0 Å². The highest BCUT2D eigenvalue weighted by molar-refractivity contribution is 5.95. The van der Waals surface area contributed by atoms with Crippen molar-refractivity contribution in [3.8, 4) is 0 Å². The molecule has 3 rings (SSSR count). The van der Waals surface area contributed by atoms with Crippen molar-refractivity contribution in [2.45, 2.75) is 32.7 Å². The summed E-state index contributed by atoms with van der Waals surface area (Å²) >= 11 is 0. The van der Waals surface area contributed by atoms with Gasteiger partial charge < -0.3 is 9.73 Å². The van der Waals surface area contributed by atoms with E-state index in [0.29, 0.717) is 11.3 Å². The molecular weight excluding hydrogens is 238 g/mol. The number of hydrogen-bond acceptors (Lipinski definition) is 2. The van der Waals surface area contributed by atoms with Crippen LogP contribution in [0.5, 0.6) is 0 Å². The smallest absolute Gasteiger partial charge is 0.255 e. The molecule has 0 saturated carbocycles. The lowest BCUT2D eigenvalue weighted by Gasteiger charge is -2.13. The van der Waals surface area contributed by atoms with Crippen molar-refractivity contribution >= 4 is 5.91 Å². The van der Waals surface area contributed by atoms with Crippen LogP contribution in [0.1, 0.15) is 45.5 Å². The van der Waals surface area contributed by atoms with E-state index in [1.165, 1.54) is 11.1 Å². The molecule has 0 aliphatic heterocycles. The van der Waals surface area contributed by atoms with Gasteiger partial charge >= 0.3 is 0 Å². The predicted molar refractivity (Wildman–Crippen MR) is 73.2 cm³/mol. The van der Waals surface area contributed by atoms with Gasteiger partial charge in [-0.15, -0.1) is 0 Å². The summed E-state index contributed by atoms with van der Waals surface area (Å²) in [4.78, 5) is 12.3. The van der Waals surface area contributed by atoms with Gasteiger partial charge in [-0.1, -0.05) is 24.3 Å². The summed E-state index contributed by atoms with van der Waals surface area (Å²) in [6.07, 6.45) is 2.01. The highest BCUT2D eigenvalue weighted by atomic mass is 16.3. The quantitative estimate of drug-likeness (QED) is 0.894. The molecular formula is C16H17NO2. The van der Waals surface area contributed by atoms with Crippen molar-refractivity contribution in [3.63, 3.8) is 0 Å². The summed E-state index contributed by atoms with van der Waals surface area (Å²) < 4.78 is 5.41. The predicted octanol–water partition coefficient (Wildman–Crippen LogP) is 3.31. The average Bonchev–Trinajstić information content (AvgIpc) is 2.94. The van der Waals surface area contributed by atoms with Gasteiger partial charge in [-0.25, -0.2) is 0 Å². The Balaban J connectivity index is 1.80. The third kappa shape index (κ3) is 2.16. The monoisotopic (exact) mass is 255 g/mol. The zero-order chi connectivity index (χ0) is 13.4. The molecule has 1 aliphatic rings. The molecule has 0 saturated heterocycles. The SMILES string of the molecule is Cc1cc(C(=O)NC2CCc3ccccc32)c(C)o1. The van der Waals surface area contributed by atoms with E-state index in [-0.39, 0.29) is 11.9 Å². The van der Waals surface area contributed by atoms with Crippen molar-refractivity contribution in [1.29, 1.82) is 0 Å². The molecule has 0 radical (unpaired) electrons. The summed E-state index contributed by atoms with van der Waals surface area (Å²) in [6.45, 7) is 3.68. The number of furan rings is 1. The molecule has 3 nitrogen and oxygen atoms in total. The van der Waals surface area contributed by atoms with E-state index in [1.807, 2.05) is 26.0 Å². The highest BCUT2D eigenvalue weighted by Crippen LogP contribution is 2.31. The molecule has 1 heterocycles. The maximum Gasteiger partial charge on any atom is 0.255 e. The van der Waals surface area contributed by atoms with Crippen LogP contribution in [0.15, 0.2) is 34.7 Å². The lowest BCUT2D eigenvalue weighted by Crippen LogP contribution is -2.27. The summed E-state index contributed by atoms with van der Waals surface area (Å²) in [5.74, 6) is 1.41. The number of carbonyl (C=O) groups is 1. The highest BCUT2D eigenvalue weighted by Gasteiger charge is 2.24. The van der Waals surface area contributed by atoms with Crippen LogP contribution in [0.25, 0.3) is 0 Å². The van der Waals surface area contributed by atoms with E-state index >= 15 is 0 Å². The number of fused-ring (bicyclic) bond motifs is 1. The van der Waals surface area contributed by atoms with E-state index in [9.17, 15) is 4.79 Å². The van der Waals surface area contributed by atoms with Crippen LogP contribution in [-0.2, 0) is 6.42 Å². The Bertz CT molecular complexity index is 627. The maximum atomic E-state index is 12.3. The molecule has 1 aromatic heterocycles. The lowest BCUT2D eigenvalue weighted by atomic mass is 10.1. The Morgan fingerprint density at radius 3 is 2.84 bits per heavy atom. The van der Waals surface area contributed by atoms with Gasteiger partial charge in [-0.05, 0) is 43.9 Å². The Labute approximate surface area is 112 Å². The van der Waals surface area contributed by atoms with Gasteiger partial charge in [0.15, 0.2) is 0 Å². The summed E-state index contributed by atoms with van der Waals surface area (Å²) in [5, 5.41) is 3.11. The van der Waals surface area contributed by atoms with Crippen molar-refractivity contribution in [1.82, 2.24) is 5.32 Å². The molecule has 1 unspecified atom stereocenters. The van der Waals surface area contributed by atoms with Crippen LogP contribution in [0.4, 0.5) is 0 Å². The molecule has 1 atom stereocenters. The van der Waals surface area contributed by atoms with Gasteiger partial charge in [0.25, 0.3) is 5.91 Å². The minimum atomic E-state index is -0.0453. The minimum absolute atomic E-state index is 0.0453. The van der Waals surface area contributed by atoms with E-state index in [0.717, 1.165) is 18.6 Å². The second-order valence-corrected chi connectivity index (χ2v) is 5.09. The zero-order valence-corrected chi connectivity index (χ0v) is 11.2. The van der Waals surface area contributed by atoms with Crippen LogP contribution in [-0.4, -0.2) is 5.91 Å². The molecule has 2 aromatic rings. The van der Waals surface area contributed by atoms with Crippen molar-refractivity contribution in [2.75, 3.05) is 0 Å². The molecule has 19 heavy (non-hydrogen) atoms. The van der Waals surface area contributed by atoms with Gasteiger partial charge in [0.2, 0.25) is 0 Å². The topological polar surface area (TPSA) is 42.2 Å².